The minimum Gasteiger partial charge on any atom is -0.376 e. The van der Waals surface area contributed by atoms with Crippen LogP contribution >= 0.6 is 0 Å². The van der Waals surface area contributed by atoms with Crippen molar-refractivity contribution < 1.29 is 4.74 Å². The van der Waals surface area contributed by atoms with Gasteiger partial charge in [-0.15, -0.1) is 0 Å². The van der Waals surface area contributed by atoms with E-state index >= 15 is 0 Å². The summed E-state index contributed by atoms with van der Waals surface area (Å²) in [4.78, 5) is 0. The number of hydrogen-bond acceptors (Lipinski definition) is 2. The Bertz CT molecular complexity index is 242. The van der Waals surface area contributed by atoms with Crippen LogP contribution in [0.15, 0.2) is 0 Å². The number of fused-ring (bicyclic) bond motifs is 1. The van der Waals surface area contributed by atoms with Crippen molar-refractivity contribution in [3.05, 3.63) is 17.0 Å². The van der Waals surface area contributed by atoms with Gasteiger partial charge in [0.15, 0.2) is 0 Å². The van der Waals surface area contributed by atoms with Gasteiger partial charge < -0.3 is 4.74 Å². The molecule has 0 saturated carbocycles. The summed E-state index contributed by atoms with van der Waals surface area (Å²) in [5, 5.41) is 7.09. The van der Waals surface area contributed by atoms with Crippen LogP contribution in [0, 0.1) is 6.92 Å². The third-order valence-corrected chi connectivity index (χ3v) is 1.90. The minimum atomic E-state index is 0.734. The van der Waals surface area contributed by atoms with Crippen LogP contribution in [0.4, 0.5) is 0 Å². The maximum Gasteiger partial charge on any atom is 0.0753 e. The van der Waals surface area contributed by atoms with Crippen LogP contribution < -0.4 is 0 Å². The van der Waals surface area contributed by atoms with Gasteiger partial charge in [-0.3, -0.25) is 5.10 Å². The number of nitrogens with one attached hydrogen (secondary N) is 1. The van der Waals surface area contributed by atoms with Gasteiger partial charge in [-0.1, -0.05) is 0 Å². The van der Waals surface area contributed by atoms with Gasteiger partial charge in [0.25, 0.3) is 0 Å². The minimum absolute atomic E-state index is 0.734. The van der Waals surface area contributed by atoms with Crippen LogP contribution in [0.25, 0.3) is 0 Å². The number of hydrogen-bond donors (Lipinski definition) is 1. The number of aryl methyl sites for hydroxylation is 1. The first kappa shape index (κ1) is 5.92. The van der Waals surface area contributed by atoms with E-state index in [1.807, 2.05) is 6.92 Å². The molecule has 2 rings (SSSR count). The van der Waals surface area contributed by atoms with Crippen LogP contribution in [0.5, 0.6) is 0 Å². The van der Waals surface area contributed by atoms with Gasteiger partial charge in [0, 0.05) is 17.7 Å². The number of nitrogens with zero attached hydrogens (tertiary/aromatic N) is 1. The summed E-state index contributed by atoms with van der Waals surface area (Å²) >= 11 is 0. The van der Waals surface area contributed by atoms with E-state index in [-0.39, 0.29) is 0 Å². The van der Waals surface area contributed by atoms with Gasteiger partial charge in [0.2, 0.25) is 0 Å². The van der Waals surface area contributed by atoms with Gasteiger partial charge in [-0.05, 0) is 6.92 Å². The molecule has 10 heavy (non-hydrogen) atoms. The number of aromatic nitrogens is 2. The highest BCUT2D eigenvalue weighted by atomic mass is 16.5. The molecule has 0 spiro atoms. The molecule has 0 saturated heterocycles. The van der Waals surface area contributed by atoms with Gasteiger partial charge >= 0.3 is 0 Å². The standard InChI is InChI=1S/C7H10N2O/c1-5-6-4-10-3-2-7(6)9-8-5/h2-4H2,1H3,(H,8,9). The highest BCUT2D eigenvalue weighted by Gasteiger charge is 2.13. The summed E-state index contributed by atoms with van der Waals surface area (Å²) in [6.07, 6.45) is 0.982. The summed E-state index contributed by atoms with van der Waals surface area (Å²) in [6, 6.07) is 0. The molecule has 3 nitrogen and oxygen atoms in total. The molecule has 54 valence electrons. The molecule has 0 amide bonds. The molecule has 0 fully saturated rings. The van der Waals surface area contributed by atoms with Crippen molar-refractivity contribution in [2.45, 2.75) is 20.0 Å². The van der Waals surface area contributed by atoms with E-state index in [1.54, 1.807) is 0 Å². The van der Waals surface area contributed by atoms with E-state index in [0.29, 0.717) is 0 Å². The third kappa shape index (κ3) is 0.743. The first-order chi connectivity index (χ1) is 4.88. The number of rotatable bonds is 0. The molecule has 0 aromatic carbocycles. The van der Waals surface area contributed by atoms with Crippen LogP contribution in [-0.4, -0.2) is 16.8 Å². The fourth-order valence-corrected chi connectivity index (χ4v) is 1.25. The second-order valence-electron chi connectivity index (χ2n) is 2.57. The van der Waals surface area contributed by atoms with Crippen molar-refractivity contribution in [3.8, 4) is 0 Å². The Labute approximate surface area is 59.4 Å². The van der Waals surface area contributed by atoms with Gasteiger partial charge in [-0.25, -0.2) is 0 Å². The van der Waals surface area contributed by atoms with Crippen molar-refractivity contribution in [2.24, 2.45) is 0 Å². The Balaban J connectivity index is 2.45. The summed E-state index contributed by atoms with van der Waals surface area (Å²) < 4.78 is 5.28. The number of H-pyrrole nitrogens is 1. The highest BCUT2D eigenvalue weighted by Crippen LogP contribution is 2.16. The SMILES string of the molecule is Cc1n[nH]c2c1COCC2. The van der Waals surface area contributed by atoms with Crippen LogP contribution in [0.2, 0.25) is 0 Å². The molecule has 1 aromatic rings. The van der Waals surface area contributed by atoms with Crippen molar-refractivity contribution >= 4 is 0 Å². The molecule has 0 atom stereocenters. The first-order valence-electron chi connectivity index (χ1n) is 3.48. The van der Waals surface area contributed by atoms with Gasteiger partial charge in [0.1, 0.15) is 0 Å². The predicted molar refractivity (Wildman–Crippen MR) is 36.7 cm³/mol. The molecular formula is C7H10N2O. The van der Waals surface area contributed by atoms with E-state index in [1.165, 1.54) is 11.3 Å². The molecule has 0 bridgehead atoms. The zero-order chi connectivity index (χ0) is 6.97. The van der Waals surface area contributed by atoms with Gasteiger partial charge in [-0.2, -0.15) is 5.10 Å². The maximum atomic E-state index is 5.28. The lowest BCUT2D eigenvalue weighted by atomic mass is 10.1. The smallest absolute Gasteiger partial charge is 0.0753 e. The van der Waals surface area contributed by atoms with E-state index < -0.39 is 0 Å². The quantitative estimate of drug-likeness (QED) is 0.575. The lowest BCUT2D eigenvalue weighted by Gasteiger charge is -2.10. The zero-order valence-electron chi connectivity index (χ0n) is 5.98. The summed E-state index contributed by atoms with van der Waals surface area (Å²) in [5.41, 5.74) is 3.59. The number of ether oxygens (including phenoxy) is 1. The lowest BCUT2D eigenvalue weighted by Crippen LogP contribution is -2.08. The average molecular weight is 138 g/mol. The largest absolute Gasteiger partial charge is 0.376 e. The van der Waals surface area contributed by atoms with Gasteiger partial charge in [0.05, 0.1) is 18.9 Å². The Morgan fingerprint density at radius 2 is 2.50 bits per heavy atom. The number of aromatic amines is 1. The maximum absolute atomic E-state index is 5.28. The second kappa shape index (κ2) is 2.09. The molecular weight excluding hydrogens is 128 g/mol. The molecule has 0 aliphatic carbocycles. The van der Waals surface area contributed by atoms with Crippen molar-refractivity contribution in [2.75, 3.05) is 6.61 Å². The molecule has 0 unspecified atom stereocenters. The van der Waals surface area contributed by atoms with E-state index in [2.05, 4.69) is 10.2 Å². The molecule has 1 aliphatic rings. The zero-order valence-corrected chi connectivity index (χ0v) is 5.98. The average Bonchev–Trinajstić information content (AvgIpc) is 2.34. The monoisotopic (exact) mass is 138 g/mol. The highest BCUT2D eigenvalue weighted by molar-refractivity contribution is 5.24. The molecule has 2 heterocycles. The Morgan fingerprint density at radius 1 is 1.60 bits per heavy atom. The fourth-order valence-electron chi connectivity index (χ4n) is 1.25. The van der Waals surface area contributed by atoms with Crippen molar-refractivity contribution in [1.29, 1.82) is 0 Å². The Hall–Kier alpha value is -0.830. The van der Waals surface area contributed by atoms with Crippen LogP contribution in [-0.2, 0) is 17.8 Å². The van der Waals surface area contributed by atoms with Crippen molar-refractivity contribution in [1.82, 2.24) is 10.2 Å². The fraction of sp³-hybridized carbons (Fsp3) is 0.571. The first-order valence-corrected chi connectivity index (χ1v) is 3.48. The second-order valence-corrected chi connectivity index (χ2v) is 2.57. The summed E-state index contributed by atoms with van der Waals surface area (Å²) in [6.45, 7) is 3.57. The van der Waals surface area contributed by atoms with Crippen LogP contribution in [0.1, 0.15) is 17.0 Å². The molecule has 0 radical (unpaired) electrons. The third-order valence-electron chi connectivity index (χ3n) is 1.90. The summed E-state index contributed by atoms with van der Waals surface area (Å²) in [7, 11) is 0. The van der Waals surface area contributed by atoms with E-state index in [4.69, 9.17) is 4.74 Å². The topological polar surface area (TPSA) is 37.9 Å². The van der Waals surface area contributed by atoms with E-state index in [9.17, 15) is 0 Å². The predicted octanol–water partition coefficient (Wildman–Crippen LogP) is 0.791. The molecule has 1 N–H and O–H groups in total. The lowest BCUT2D eigenvalue weighted by molar-refractivity contribution is 0.110. The molecule has 1 aromatic heterocycles. The van der Waals surface area contributed by atoms with Crippen LogP contribution in [0.3, 0.4) is 0 Å². The Kier molecular flexibility index (Phi) is 1.24. The summed E-state index contributed by atoms with van der Waals surface area (Å²) in [5.74, 6) is 0. The molecule has 3 heteroatoms. The van der Waals surface area contributed by atoms with Crippen molar-refractivity contribution in [3.63, 3.8) is 0 Å². The molecule has 1 aliphatic heterocycles. The Morgan fingerprint density at radius 3 is 3.30 bits per heavy atom. The van der Waals surface area contributed by atoms with E-state index in [0.717, 1.165) is 25.3 Å². The normalized spacial score (nSPS) is 16.9.